The van der Waals surface area contributed by atoms with Crippen LogP contribution in [0.5, 0.6) is 0 Å². The summed E-state index contributed by atoms with van der Waals surface area (Å²) in [6.07, 6.45) is 2.03. The van der Waals surface area contributed by atoms with E-state index in [0.29, 0.717) is 24.1 Å². The summed E-state index contributed by atoms with van der Waals surface area (Å²) in [4.78, 5) is 31.5. The minimum Gasteiger partial charge on any atom is -0.418 e. The number of anilines is 4. The Labute approximate surface area is 169 Å². The van der Waals surface area contributed by atoms with Crippen molar-refractivity contribution in [3.8, 4) is 0 Å². The van der Waals surface area contributed by atoms with Crippen molar-refractivity contribution in [2.45, 2.75) is 34.1 Å². The van der Waals surface area contributed by atoms with Gasteiger partial charge in [-0.1, -0.05) is 24.6 Å². The third kappa shape index (κ3) is 4.68. The Morgan fingerprint density at radius 1 is 1.10 bits per heavy atom. The molecule has 2 aromatic heterocycles. The smallest absolute Gasteiger partial charge is 0.302 e. The number of aromatic nitrogens is 4. The minimum absolute atomic E-state index is 0.0875. The summed E-state index contributed by atoms with van der Waals surface area (Å²) in [6, 6.07) is 4.17. The van der Waals surface area contributed by atoms with Gasteiger partial charge in [-0.3, -0.25) is 10.1 Å². The second-order valence-corrected chi connectivity index (χ2v) is 7.01. The van der Waals surface area contributed by atoms with Crippen LogP contribution < -0.4 is 15.5 Å². The molecule has 0 fully saturated rings. The molecule has 3 rings (SSSR count). The predicted octanol–water partition coefficient (Wildman–Crippen LogP) is 3.41. The molecule has 2 heterocycles. The highest BCUT2D eigenvalue weighted by molar-refractivity contribution is 6.03. The third-order valence-electron chi connectivity index (χ3n) is 4.25. The minimum atomic E-state index is -0.375. The lowest BCUT2D eigenvalue weighted by Crippen LogP contribution is -2.16. The molecule has 0 saturated carbocycles. The second-order valence-electron chi connectivity index (χ2n) is 7.01. The van der Waals surface area contributed by atoms with E-state index in [1.165, 1.54) is 6.20 Å². The zero-order valence-electron chi connectivity index (χ0n) is 17.5. The van der Waals surface area contributed by atoms with Crippen LogP contribution in [0.15, 0.2) is 22.7 Å². The van der Waals surface area contributed by atoms with Crippen LogP contribution in [0.2, 0.25) is 0 Å². The fraction of sp³-hybridized carbons (Fsp3) is 0.350. The van der Waals surface area contributed by atoms with Crippen molar-refractivity contribution < 1.29 is 9.21 Å². The van der Waals surface area contributed by atoms with E-state index < -0.39 is 0 Å². The molecular formula is C20H25N7O2. The fourth-order valence-electron chi connectivity index (χ4n) is 2.91. The first-order valence-electron chi connectivity index (χ1n) is 9.31. The number of carbonyl (C=O) groups excluding carboxylic acids is 1. The SMILES string of the molecule is CCc1nc(Nc2ncc(C(=O)Nc3c(C)cc(C)cc3C)o2)nc(N(C)C)n1. The Balaban J connectivity index is 1.78. The van der Waals surface area contributed by atoms with E-state index in [1.807, 2.05) is 53.9 Å². The van der Waals surface area contributed by atoms with Gasteiger partial charge < -0.3 is 14.6 Å². The molecule has 1 amide bonds. The molecule has 0 atom stereocenters. The summed E-state index contributed by atoms with van der Waals surface area (Å²) in [5, 5.41) is 5.79. The van der Waals surface area contributed by atoms with Crippen molar-refractivity contribution in [3.63, 3.8) is 0 Å². The maximum atomic E-state index is 12.6. The molecule has 0 aliphatic heterocycles. The number of rotatable bonds is 6. The van der Waals surface area contributed by atoms with Crippen LogP contribution in [-0.4, -0.2) is 39.9 Å². The topological polar surface area (TPSA) is 109 Å². The molecule has 0 bridgehead atoms. The highest BCUT2D eigenvalue weighted by Crippen LogP contribution is 2.23. The van der Waals surface area contributed by atoms with Gasteiger partial charge in [0.25, 0.3) is 5.91 Å². The number of hydrogen-bond acceptors (Lipinski definition) is 8. The van der Waals surface area contributed by atoms with Gasteiger partial charge in [0.1, 0.15) is 5.82 Å². The van der Waals surface area contributed by atoms with Gasteiger partial charge in [-0.25, -0.2) is 4.98 Å². The number of oxazole rings is 1. The molecule has 3 aromatic rings. The first kappa shape index (κ1) is 20.2. The molecule has 0 unspecified atom stereocenters. The van der Waals surface area contributed by atoms with Crippen LogP contribution in [0.4, 0.5) is 23.6 Å². The maximum absolute atomic E-state index is 12.6. The average Bonchev–Trinajstić information content (AvgIpc) is 3.12. The van der Waals surface area contributed by atoms with Crippen molar-refractivity contribution in [1.29, 1.82) is 0 Å². The van der Waals surface area contributed by atoms with Gasteiger partial charge >= 0.3 is 6.01 Å². The Morgan fingerprint density at radius 3 is 2.41 bits per heavy atom. The molecule has 0 aliphatic rings. The lowest BCUT2D eigenvalue weighted by atomic mass is 10.1. The molecule has 9 nitrogen and oxygen atoms in total. The molecule has 0 spiro atoms. The second kappa shape index (κ2) is 8.26. The Bertz CT molecular complexity index is 1020. The largest absolute Gasteiger partial charge is 0.418 e. The van der Waals surface area contributed by atoms with Crippen molar-refractivity contribution in [3.05, 3.63) is 46.6 Å². The van der Waals surface area contributed by atoms with Crippen LogP contribution in [-0.2, 0) is 6.42 Å². The van der Waals surface area contributed by atoms with Crippen molar-refractivity contribution in [2.75, 3.05) is 29.6 Å². The number of aryl methyl sites for hydroxylation is 4. The summed E-state index contributed by atoms with van der Waals surface area (Å²) in [5.74, 6) is 1.18. The Kier molecular flexibility index (Phi) is 5.76. The molecule has 29 heavy (non-hydrogen) atoms. The highest BCUT2D eigenvalue weighted by atomic mass is 16.4. The van der Waals surface area contributed by atoms with Gasteiger partial charge in [0.05, 0.1) is 6.20 Å². The first-order chi connectivity index (χ1) is 13.8. The van der Waals surface area contributed by atoms with Crippen LogP contribution in [0.3, 0.4) is 0 Å². The normalized spacial score (nSPS) is 10.7. The van der Waals surface area contributed by atoms with Crippen LogP contribution in [0.1, 0.15) is 40.0 Å². The number of hydrogen-bond donors (Lipinski definition) is 2. The summed E-state index contributed by atoms with van der Waals surface area (Å²) >= 11 is 0. The molecule has 9 heteroatoms. The van der Waals surface area contributed by atoms with Gasteiger partial charge in [0, 0.05) is 26.2 Å². The Hall–Kier alpha value is -3.49. The molecule has 1 aromatic carbocycles. The number of nitrogens with one attached hydrogen (secondary N) is 2. The van der Waals surface area contributed by atoms with Gasteiger partial charge in [-0.15, -0.1) is 0 Å². The standard InChI is InChI=1S/C20H25N7O2/c1-7-15-22-18(25-19(23-15)27(5)6)26-20-21-10-14(29-20)17(28)24-16-12(3)8-11(2)9-13(16)4/h8-10H,7H2,1-6H3,(H,24,28)(H,21,22,23,25,26). The van der Waals surface area contributed by atoms with Crippen molar-refractivity contribution in [2.24, 2.45) is 0 Å². The fourth-order valence-corrected chi connectivity index (χ4v) is 2.91. The monoisotopic (exact) mass is 395 g/mol. The highest BCUT2D eigenvalue weighted by Gasteiger charge is 2.16. The predicted molar refractivity (Wildman–Crippen MR) is 112 cm³/mol. The average molecular weight is 395 g/mol. The summed E-state index contributed by atoms with van der Waals surface area (Å²) in [6.45, 7) is 7.89. The molecule has 0 radical (unpaired) electrons. The lowest BCUT2D eigenvalue weighted by Gasteiger charge is -2.12. The van der Waals surface area contributed by atoms with E-state index in [1.54, 1.807) is 4.90 Å². The quantitative estimate of drug-likeness (QED) is 0.653. The van der Waals surface area contributed by atoms with Crippen molar-refractivity contribution in [1.82, 2.24) is 19.9 Å². The number of nitrogens with zero attached hydrogens (tertiary/aromatic N) is 5. The van der Waals surface area contributed by atoms with E-state index in [0.717, 1.165) is 22.4 Å². The van der Waals surface area contributed by atoms with Crippen LogP contribution in [0, 0.1) is 20.8 Å². The molecule has 2 N–H and O–H groups in total. The molecule has 0 aliphatic carbocycles. The summed E-state index contributed by atoms with van der Waals surface area (Å²) < 4.78 is 5.55. The van der Waals surface area contributed by atoms with Gasteiger partial charge in [0.2, 0.25) is 17.7 Å². The summed E-state index contributed by atoms with van der Waals surface area (Å²) in [5.41, 5.74) is 3.89. The van der Waals surface area contributed by atoms with Gasteiger partial charge in [-0.2, -0.15) is 15.0 Å². The number of carbonyl (C=O) groups is 1. The van der Waals surface area contributed by atoms with E-state index in [2.05, 4.69) is 30.6 Å². The molecule has 0 saturated heterocycles. The van der Waals surface area contributed by atoms with Gasteiger partial charge in [-0.05, 0) is 31.9 Å². The maximum Gasteiger partial charge on any atom is 0.302 e. The molecule has 152 valence electrons. The van der Waals surface area contributed by atoms with E-state index in [9.17, 15) is 4.79 Å². The van der Waals surface area contributed by atoms with E-state index >= 15 is 0 Å². The molecular weight excluding hydrogens is 370 g/mol. The third-order valence-corrected chi connectivity index (χ3v) is 4.25. The zero-order valence-corrected chi connectivity index (χ0v) is 17.5. The number of amides is 1. The zero-order chi connectivity index (χ0) is 21.1. The lowest BCUT2D eigenvalue weighted by molar-refractivity contribution is 0.0997. The first-order valence-corrected chi connectivity index (χ1v) is 9.31. The summed E-state index contributed by atoms with van der Waals surface area (Å²) in [7, 11) is 3.70. The van der Waals surface area contributed by atoms with Crippen LogP contribution in [0.25, 0.3) is 0 Å². The van der Waals surface area contributed by atoms with Crippen molar-refractivity contribution >= 4 is 29.5 Å². The van der Waals surface area contributed by atoms with Gasteiger partial charge in [0.15, 0.2) is 0 Å². The number of benzene rings is 1. The van der Waals surface area contributed by atoms with E-state index in [4.69, 9.17) is 4.42 Å². The Morgan fingerprint density at radius 2 is 1.79 bits per heavy atom. The van der Waals surface area contributed by atoms with E-state index in [-0.39, 0.29) is 17.7 Å². The van der Waals surface area contributed by atoms with Crippen LogP contribution >= 0.6 is 0 Å².